The summed E-state index contributed by atoms with van der Waals surface area (Å²) in [6.07, 6.45) is 10.1. The maximum absolute atomic E-state index is 13.7. The topological polar surface area (TPSA) is 77.8 Å². The molecule has 1 saturated heterocycles. The second kappa shape index (κ2) is 11.4. The predicted molar refractivity (Wildman–Crippen MR) is 105 cm³/mol. The van der Waals surface area contributed by atoms with Gasteiger partial charge in [-0.3, -0.25) is 9.59 Å². The minimum atomic E-state index is -0.817. The molecule has 28 heavy (non-hydrogen) atoms. The molecular weight excluding hydrogens is 361 g/mol. The monoisotopic (exact) mass is 389 g/mol. The van der Waals surface area contributed by atoms with Crippen LogP contribution in [0.3, 0.4) is 0 Å². The van der Waals surface area contributed by atoms with Crippen LogP contribution in [0, 0.1) is 5.82 Å². The Labute approximate surface area is 165 Å². The number of carboxylic acid groups (broad SMARTS) is 1. The molecule has 152 valence electrons. The summed E-state index contributed by atoms with van der Waals surface area (Å²) in [5, 5.41) is 18.8. The van der Waals surface area contributed by atoms with Gasteiger partial charge in [0, 0.05) is 25.8 Å². The highest BCUT2D eigenvalue weighted by Gasteiger charge is 2.25. The molecule has 1 aromatic carbocycles. The van der Waals surface area contributed by atoms with Crippen LogP contribution in [0.5, 0.6) is 0 Å². The van der Waals surface area contributed by atoms with Crippen LogP contribution in [0.2, 0.25) is 0 Å². The molecule has 0 bridgehead atoms. The van der Waals surface area contributed by atoms with E-state index in [1.807, 2.05) is 18.2 Å². The number of carbonyl (C=O) groups is 2. The van der Waals surface area contributed by atoms with E-state index in [0.29, 0.717) is 31.4 Å². The number of carboxylic acids is 1. The molecule has 2 atom stereocenters. The molecule has 6 heteroatoms. The summed E-state index contributed by atoms with van der Waals surface area (Å²) in [6, 6.07) is 6.27. The molecule has 2 rings (SSSR count). The summed E-state index contributed by atoms with van der Waals surface area (Å²) >= 11 is 0. The first kappa shape index (κ1) is 21.8. The molecule has 0 spiro atoms. The van der Waals surface area contributed by atoms with E-state index in [1.54, 1.807) is 29.2 Å². The van der Waals surface area contributed by atoms with Crippen molar-refractivity contribution in [1.82, 2.24) is 4.90 Å². The number of hydrogen-bond donors (Lipinski definition) is 2. The minimum Gasteiger partial charge on any atom is -0.481 e. The largest absolute Gasteiger partial charge is 0.481 e. The van der Waals surface area contributed by atoms with E-state index in [2.05, 4.69) is 0 Å². The standard InChI is InChI=1S/C22H28FNO4/c23-20-10-5-4-8-17(20)16-19(25)14-13-18-9-7-11-21(26)24(18)15-6-2-1-3-12-22(27)28/h2,4-6,8,10,13-14,18-19,25H,1,3,7,9,11-12,15-16H2,(H,27,28)/b6-2-,14-13+/t18-,19?/m1/s1. The number of rotatable bonds is 10. The molecule has 2 N–H and O–H groups in total. The van der Waals surface area contributed by atoms with Crippen LogP contribution in [0.4, 0.5) is 4.39 Å². The number of halogens is 1. The Bertz CT molecular complexity index is 716. The minimum absolute atomic E-state index is 0.0691. The molecule has 0 saturated carbocycles. The number of piperidine rings is 1. The lowest BCUT2D eigenvalue weighted by Crippen LogP contribution is -2.42. The van der Waals surface area contributed by atoms with Crippen LogP contribution in [0.1, 0.15) is 44.1 Å². The predicted octanol–water partition coefficient (Wildman–Crippen LogP) is 3.48. The fourth-order valence-corrected chi connectivity index (χ4v) is 3.28. The lowest BCUT2D eigenvalue weighted by Gasteiger charge is -2.33. The van der Waals surface area contributed by atoms with Gasteiger partial charge in [0.2, 0.25) is 5.91 Å². The van der Waals surface area contributed by atoms with Gasteiger partial charge in [0.25, 0.3) is 0 Å². The van der Waals surface area contributed by atoms with Crippen molar-refractivity contribution in [2.75, 3.05) is 6.54 Å². The fraction of sp³-hybridized carbons (Fsp3) is 0.455. The zero-order valence-electron chi connectivity index (χ0n) is 16.0. The number of aliphatic hydroxyl groups excluding tert-OH is 1. The van der Waals surface area contributed by atoms with Crippen molar-refractivity contribution < 1.29 is 24.2 Å². The molecule has 1 aliphatic heterocycles. The third-order valence-corrected chi connectivity index (χ3v) is 4.78. The molecule has 1 fully saturated rings. The second-order valence-electron chi connectivity index (χ2n) is 7.01. The van der Waals surface area contributed by atoms with Crippen LogP contribution < -0.4 is 0 Å². The number of unbranched alkanes of at least 4 members (excludes halogenated alkanes) is 1. The zero-order valence-corrected chi connectivity index (χ0v) is 16.0. The maximum atomic E-state index is 13.7. The number of hydrogen-bond acceptors (Lipinski definition) is 3. The van der Waals surface area contributed by atoms with Crippen molar-refractivity contribution in [3.8, 4) is 0 Å². The first-order valence-electron chi connectivity index (χ1n) is 9.73. The van der Waals surface area contributed by atoms with E-state index in [4.69, 9.17) is 5.11 Å². The van der Waals surface area contributed by atoms with Crippen LogP contribution in [0.15, 0.2) is 48.6 Å². The number of likely N-dealkylation sites (tertiary alicyclic amines) is 1. The molecule has 1 heterocycles. The highest BCUT2D eigenvalue weighted by molar-refractivity contribution is 5.77. The Morgan fingerprint density at radius 1 is 1.32 bits per heavy atom. The normalized spacial score (nSPS) is 18.9. The number of nitrogens with zero attached hydrogens (tertiary/aromatic N) is 1. The van der Waals surface area contributed by atoms with Crippen LogP contribution >= 0.6 is 0 Å². The van der Waals surface area contributed by atoms with E-state index < -0.39 is 12.1 Å². The zero-order chi connectivity index (χ0) is 20.4. The first-order valence-corrected chi connectivity index (χ1v) is 9.73. The van der Waals surface area contributed by atoms with Gasteiger partial charge in [0.1, 0.15) is 5.82 Å². The number of aliphatic hydroxyl groups is 1. The molecule has 0 radical (unpaired) electrons. The lowest BCUT2D eigenvalue weighted by atomic mass is 9.99. The van der Waals surface area contributed by atoms with Crippen LogP contribution in [0.25, 0.3) is 0 Å². The van der Waals surface area contributed by atoms with Gasteiger partial charge >= 0.3 is 5.97 Å². The Morgan fingerprint density at radius 3 is 2.86 bits per heavy atom. The van der Waals surface area contributed by atoms with E-state index in [-0.39, 0.29) is 30.6 Å². The van der Waals surface area contributed by atoms with Crippen molar-refractivity contribution >= 4 is 11.9 Å². The molecule has 0 aliphatic carbocycles. The highest BCUT2D eigenvalue weighted by Crippen LogP contribution is 2.20. The van der Waals surface area contributed by atoms with Crippen LogP contribution in [-0.4, -0.2) is 45.7 Å². The summed E-state index contributed by atoms with van der Waals surface area (Å²) in [5.41, 5.74) is 0.459. The van der Waals surface area contributed by atoms with Crippen molar-refractivity contribution in [1.29, 1.82) is 0 Å². The quantitative estimate of drug-likeness (QED) is 0.474. The van der Waals surface area contributed by atoms with Gasteiger partial charge in [-0.05, 0) is 37.3 Å². The third kappa shape index (κ3) is 7.27. The smallest absolute Gasteiger partial charge is 0.303 e. The van der Waals surface area contributed by atoms with Crippen molar-refractivity contribution in [2.24, 2.45) is 0 Å². The van der Waals surface area contributed by atoms with E-state index in [0.717, 1.165) is 12.8 Å². The molecule has 1 unspecified atom stereocenters. The number of aliphatic carboxylic acids is 1. The number of amides is 1. The van der Waals surface area contributed by atoms with Crippen LogP contribution in [-0.2, 0) is 16.0 Å². The van der Waals surface area contributed by atoms with Crippen molar-refractivity contribution in [3.63, 3.8) is 0 Å². The number of allylic oxidation sites excluding steroid dienone is 1. The molecular formula is C22H28FNO4. The van der Waals surface area contributed by atoms with Gasteiger partial charge in [-0.1, -0.05) is 42.5 Å². The first-order chi connectivity index (χ1) is 13.5. The molecule has 1 aromatic rings. The Kier molecular flexibility index (Phi) is 8.88. The summed E-state index contributed by atoms with van der Waals surface area (Å²) < 4.78 is 13.7. The second-order valence-corrected chi connectivity index (χ2v) is 7.01. The maximum Gasteiger partial charge on any atom is 0.303 e. The van der Waals surface area contributed by atoms with Crippen molar-refractivity contribution in [3.05, 3.63) is 60.0 Å². The summed E-state index contributed by atoms with van der Waals surface area (Å²) in [7, 11) is 0. The van der Waals surface area contributed by atoms with E-state index in [1.165, 1.54) is 6.07 Å². The van der Waals surface area contributed by atoms with Gasteiger partial charge < -0.3 is 15.1 Å². The summed E-state index contributed by atoms with van der Waals surface area (Å²) in [4.78, 5) is 24.5. The average Bonchev–Trinajstić information content (AvgIpc) is 2.66. The van der Waals surface area contributed by atoms with Gasteiger partial charge in [-0.2, -0.15) is 0 Å². The van der Waals surface area contributed by atoms with E-state index in [9.17, 15) is 19.1 Å². The third-order valence-electron chi connectivity index (χ3n) is 4.78. The molecule has 5 nitrogen and oxygen atoms in total. The lowest BCUT2D eigenvalue weighted by molar-refractivity contribution is -0.137. The molecule has 1 amide bonds. The summed E-state index contributed by atoms with van der Waals surface area (Å²) in [5.74, 6) is -1.07. The molecule has 1 aliphatic rings. The van der Waals surface area contributed by atoms with Crippen molar-refractivity contribution in [2.45, 2.75) is 57.1 Å². The Morgan fingerprint density at radius 2 is 2.11 bits per heavy atom. The Balaban J connectivity index is 1.88. The number of benzene rings is 1. The molecule has 0 aromatic heterocycles. The average molecular weight is 389 g/mol. The summed E-state index contributed by atoms with van der Waals surface area (Å²) in [6.45, 7) is 0.463. The Hall–Kier alpha value is -2.47. The van der Waals surface area contributed by atoms with Gasteiger partial charge in [0.05, 0.1) is 12.1 Å². The van der Waals surface area contributed by atoms with Gasteiger partial charge in [-0.15, -0.1) is 0 Å². The van der Waals surface area contributed by atoms with Gasteiger partial charge in [-0.25, -0.2) is 4.39 Å². The van der Waals surface area contributed by atoms with Gasteiger partial charge in [0.15, 0.2) is 0 Å². The number of carbonyl (C=O) groups excluding carboxylic acids is 1. The SMILES string of the molecule is O=C(O)CCC/C=C\CN1C(=O)CCC[C@@H]1/C=C/C(O)Cc1ccccc1F. The highest BCUT2D eigenvalue weighted by atomic mass is 19.1. The van der Waals surface area contributed by atoms with E-state index >= 15 is 0 Å². The fourth-order valence-electron chi connectivity index (χ4n) is 3.28.